The molecule has 16 heteroatoms. The molecule has 59 heavy (non-hydrogen) atoms. The molecular formula is C43H49N7O8S. The van der Waals surface area contributed by atoms with Gasteiger partial charge in [-0.3, -0.25) is 19.1 Å². The molecule has 15 nitrogen and oxygen atoms in total. The topological polar surface area (TPSA) is 190 Å². The standard InChI is InChI=1S/C43H49N7O8S/c51-39-36-23-30(57-37-24-35(27-13-5-4-6-14-27)44-38-32-18-11-12-19-33(32)47-50(37)38)26-49(36)40(52)34(45-42(54)58-29-16-9-10-17-29)20-8-3-1-2-7-15-28-25-43(28,46-39)41(53)48-59(55,56)31-21-22-31/h4-7,11-15,18-19,24,28-31,34,36H,1-3,8-10,16-17,20-23,25-26H2,(H,45,54)(H,46,51)(H,48,53)/b15-7+. The first-order chi connectivity index (χ1) is 28.6. The molecule has 4 heterocycles. The molecule has 4 amide bonds. The number of amides is 4. The van der Waals surface area contributed by atoms with Crippen molar-refractivity contribution in [2.24, 2.45) is 5.92 Å². The average Bonchev–Trinajstić information content (AvgIpc) is 4.04. The summed E-state index contributed by atoms with van der Waals surface area (Å²) in [5.41, 5.74) is 1.28. The fraction of sp³-hybridized carbons (Fsp3) is 0.488. The van der Waals surface area contributed by atoms with Gasteiger partial charge in [-0.2, -0.15) is 9.61 Å². The lowest BCUT2D eigenvalue weighted by Crippen LogP contribution is -2.58. The van der Waals surface area contributed by atoms with Crippen molar-refractivity contribution < 1.29 is 37.1 Å². The molecule has 3 aliphatic carbocycles. The smallest absolute Gasteiger partial charge is 0.408 e. The quantitative estimate of drug-likeness (QED) is 0.205. The molecule has 5 aliphatic rings. The summed E-state index contributed by atoms with van der Waals surface area (Å²) < 4.78 is 42.2. The fourth-order valence-corrected chi connectivity index (χ4v) is 10.2. The maximum atomic E-state index is 14.7. The lowest BCUT2D eigenvalue weighted by molar-refractivity contribution is -0.141. The zero-order valence-electron chi connectivity index (χ0n) is 32.8. The van der Waals surface area contributed by atoms with Crippen molar-refractivity contribution in [1.82, 2.24) is 34.9 Å². The van der Waals surface area contributed by atoms with Crippen LogP contribution in [0.1, 0.15) is 83.5 Å². The van der Waals surface area contributed by atoms with Crippen LogP contribution < -0.4 is 20.1 Å². The predicted molar refractivity (Wildman–Crippen MR) is 217 cm³/mol. The number of aromatic nitrogens is 3. The van der Waals surface area contributed by atoms with Crippen LogP contribution >= 0.6 is 0 Å². The summed E-state index contributed by atoms with van der Waals surface area (Å²) in [5, 5.41) is 10.7. The first kappa shape index (κ1) is 39.0. The zero-order chi connectivity index (χ0) is 40.7. The third-order valence-electron chi connectivity index (χ3n) is 12.3. The molecule has 1 saturated heterocycles. The Kier molecular flexibility index (Phi) is 10.5. The second-order valence-electron chi connectivity index (χ2n) is 16.6. The number of hydrogen-bond acceptors (Lipinski definition) is 10. The molecule has 310 valence electrons. The number of carbonyl (C=O) groups excluding carboxylic acids is 4. The Balaban J connectivity index is 1.05. The number of hydrogen-bond donors (Lipinski definition) is 3. The van der Waals surface area contributed by atoms with E-state index in [0.717, 1.165) is 49.5 Å². The summed E-state index contributed by atoms with van der Waals surface area (Å²) in [4.78, 5) is 62.8. The van der Waals surface area contributed by atoms with E-state index in [1.54, 1.807) is 10.6 Å². The van der Waals surface area contributed by atoms with Gasteiger partial charge in [0.1, 0.15) is 29.8 Å². The summed E-state index contributed by atoms with van der Waals surface area (Å²) in [6, 6.07) is 17.0. The second-order valence-corrected chi connectivity index (χ2v) is 18.6. The van der Waals surface area contributed by atoms with Crippen molar-refractivity contribution in [3.8, 4) is 17.1 Å². The van der Waals surface area contributed by atoms with Gasteiger partial charge in [-0.15, -0.1) is 0 Å². The van der Waals surface area contributed by atoms with Gasteiger partial charge in [0.15, 0.2) is 5.65 Å². The van der Waals surface area contributed by atoms with E-state index in [9.17, 15) is 27.6 Å². The average molecular weight is 824 g/mol. The third kappa shape index (κ3) is 8.10. The van der Waals surface area contributed by atoms with Crippen LogP contribution in [0.25, 0.3) is 27.8 Å². The summed E-state index contributed by atoms with van der Waals surface area (Å²) in [7, 11) is -3.90. The lowest BCUT2D eigenvalue weighted by atomic mass is 10.0. The van der Waals surface area contributed by atoms with E-state index in [4.69, 9.17) is 19.6 Å². The van der Waals surface area contributed by atoms with E-state index >= 15 is 0 Å². The van der Waals surface area contributed by atoms with Crippen molar-refractivity contribution in [3.05, 3.63) is 72.8 Å². The summed E-state index contributed by atoms with van der Waals surface area (Å²) in [6.07, 6.45) is 10.2. The minimum atomic E-state index is -3.90. The van der Waals surface area contributed by atoms with Gasteiger partial charge in [0.25, 0.3) is 5.91 Å². The fourth-order valence-electron chi connectivity index (χ4n) is 8.80. The number of alkyl carbamates (subject to hydrolysis) is 1. The maximum Gasteiger partial charge on any atom is 0.408 e. The molecule has 3 N–H and O–H groups in total. The van der Waals surface area contributed by atoms with E-state index in [0.29, 0.717) is 54.8 Å². The first-order valence-corrected chi connectivity index (χ1v) is 22.5. The van der Waals surface area contributed by atoms with Gasteiger partial charge in [-0.05, 0) is 76.3 Å². The Morgan fingerprint density at radius 2 is 1.66 bits per heavy atom. The third-order valence-corrected chi connectivity index (χ3v) is 14.1. The highest BCUT2D eigenvalue weighted by molar-refractivity contribution is 7.91. The summed E-state index contributed by atoms with van der Waals surface area (Å²) in [6.45, 7) is -0.0172. The molecule has 4 aromatic rings. The highest BCUT2D eigenvalue weighted by Gasteiger charge is 2.62. The Labute approximate surface area is 342 Å². The summed E-state index contributed by atoms with van der Waals surface area (Å²) >= 11 is 0. The van der Waals surface area contributed by atoms with Crippen molar-refractivity contribution in [3.63, 3.8) is 0 Å². The minimum absolute atomic E-state index is 0.0172. The van der Waals surface area contributed by atoms with Gasteiger partial charge in [-0.25, -0.2) is 18.2 Å². The van der Waals surface area contributed by atoms with Crippen molar-refractivity contribution in [2.75, 3.05) is 6.54 Å². The molecule has 4 fully saturated rings. The minimum Gasteiger partial charge on any atom is -0.472 e. The molecule has 9 rings (SSSR count). The largest absolute Gasteiger partial charge is 0.472 e. The number of sulfonamides is 1. The van der Waals surface area contributed by atoms with Crippen LogP contribution in [0.4, 0.5) is 4.79 Å². The molecule has 0 bridgehead atoms. The molecular weight excluding hydrogens is 775 g/mol. The van der Waals surface area contributed by atoms with Crippen molar-refractivity contribution >= 4 is 50.4 Å². The van der Waals surface area contributed by atoms with E-state index in [1.165, 1.54) is 4.90 Å². The number of nitrogens with zero attached hydrogens (tertiary/aromatic N) is 4. The Morgan fingerprint density at radius 3 is 2.46 bits per heavy atom. The van der Waals surface area contributed by atoms with Crippen LogP contribution in [-0.2, 0) is 29.1 Å². The molecule has 5 unspecified atom stereocenters. The van der Waals surface area contributed by atoms with Crippen LogP contribution in [0.2, 0.25) is 0 Å². The number of ether oxygens (including phenoxy) is 2. The molecule has 3 saturated carbocycles. The Morgan fingerprint density at radius 1 is 0.898 bits per heavy atom. The lowest BCUT2D eigenvalue weighted by Gasteiger charge is -2.30. The van der Waals surface area contributed by atoms with E-state index in [1.807, 2.05) is 66.7 Å². The van der Waals surface area contributed by atoms with Gasteiger partial charge in [-0.1, -0.05) is 67.5 Å². The maximum absolute atomic E-state index is 14.7. The molecule has 2 aliphatic heterocycles. The number of allylic oxidation sites excluding steroid dienone is 1. The van der Waals surface area contributed by atoms with Gasteiger partial charge < -0.3 is 25.0 Å². The van der Waals surface area contributed by atoms with Crippen LogP contribution in [0, 0.1) is 5.92 Å². The van der Waals surface area contributed by atoms with Crippen LogP contribution in [-0.4, -0.2) is 93.4 Å². The number of nitrogens with one attached hydrogen (secondary N) is 3. The monoisotopic (exact) mass is 823 g/mol. The van der Waals surface area contributed by atoms with Gasteiger partial charge in [0, 0.05) is 29.4 Å². The van der Waals surface area contributed by atoms with Crippen LogP contribution in [0.3, 0.4) is 0 Å². The SMILES string of the molecule is O=C(NC1CCCCC/C=C/C2CC2(C(=O)NS(=O)(=O)C2CC2)NC(=O)C2CC(Oc3cc(-c4ccccc4)nc4c5ccccc5nn34)CN2C1=O)OC1CCCC1. The predicted octanol–water partition coefficient (Wildman–Crippen LogP) is 4.94. The Hall–Kier alpha value is -5.51. The molecule has 5 atom stereocenters. The van der Waals surface area contributed by atoms with Gasteiger partial charge in [0.05, 0.1) is 23.0 Å². The zero-order valence-corrected chi connectivity index (χ0v) is 33.6. The molecule has 2 aromatic heterocycles. The molecule has 2 aromatic carbocycles. The number of carbonyl (C=O) groups is 4. The molecule has 0 radical (unpaired) electrons. The molecule has 0 spiro atoms. The first-order valence-electron chi connectivity index (χ1n) is 20.9. The van der Waals surface area contributed by atoms with Crippen LogP contribution in [0.5, 0.6) is 5.88 Å². The second kappa shape index (κ2) is 15.9. The van der Waals surface area contributed by atoms with Crippen LogP contribution in [0.15, 0.2) is 72.8 Å². The normalized spacial score (nSPS) is 27.2. The number of rotatable bonds is 8. The summed E-state index contributed by atoms with van der Waals surface area (Å²) in [5.74, 6) is -1.94. The van der Waals surface area contributed by atoms with E-state index < -0.39 is 68.7 Å². The van der Waals surface area contributed by atoms with Crippen molar-refractivity contribution in [2.45, 2.75) is 119 Å². The van der Waals surface area contributed by atoms with E-state index in [-0.39, 0.29) is 25.5 Å². The Bertz CT molecular complexity index is 2410. The highest BCUT2D eigenvalue weighted by atomic mass is 32.2. The highest BCUT2D eigenvalue weighted by Crippen LogP contribution is 2.46. The number of benzene rings is 2. The van der Waals surface area contributed by atoms with Crippen molar-refractivity contribution in [1.29, 1.82) is 0 Å². The van der Waals surface area contributed by atoms with E-state index in [2.05, 4.69) is 15.4 Å². The van der Waals surface area contributed by atoms with Gasteiger partial charge in [0.2, 0.25) is 27.7 Å². The number of fused-ring (bicyclic) bond motifs is 5. The van der Waals surface area contributed by atoms with Gasteiger partial charge >= 0.3 is 6.09 Å².